The minimum absolute atomic E-state index is 0.793. The predicted octanol–water partition coefficient (Wildman–Crippen LogP) is 3.46. The van der Waals surface area contributed by atoms with Gasteiger partial charge in [-0.05, 0) is 25.1 Å². The van der Waals surface area contributed by atoms with Crippen molar-refractivity contribution in [3.8, 4) is 9.88 Å². The quantitative estimate of drug-likeness (QED) is 0.827. The van der Waals surface area contributed by atoms with Gasteiger partial charge in [0.25, 0.3) is 0 Å². The fourth-order valence-electron chi connectivity index (χ4n) is 1.38. The molecule has 0 saturated heterocycles. The molecule has 0 aliphatic heterocycles. The van der Waals surface area contributed by atoms with Crippen molar-refractivity contribution in [1.29, 1.82) is 0 Å². The van der Waals surface area contributed by atoms with E-state index in [-0.39, 0.29) is 0 Å². The van der Waals surface area contributed by atoms with E-state index in [0.29, 0.717) is 0 Å². The topological polar surface area (TPSA) is 37.8 Å². The van der Waals surface area contributed by atoms with Crippen LogP contribution in [0.1, 0.15) is 18.4 Å². The second-order valence-electron chi connectivity index (χ2n) is 3.60. The van der Waals surface area contributed by atoms with Crippen molar-refractivity contribution in [3.05, 3.63) is 21.5 Å². The van der Waals surface area contributed by atoms with Crippen molar-refractivity contribution in [3.63, 3.8) is 0 Å². The summed E-state index contributed by atoms with van der Waals surface area (Å²) in [4.78, 5) is 1.10. The average Bonchev–Trinajstić information content (AvgIpc) is 2.93. The monoisotopic (exact) mass is 287 g/mol. The largest absolute Gasteiger partial charge is 0.316 e. The lowest BCUT2D eigenvalue weighted by Crippen LogP contribution is -2.17. The van der Waals surface area contributed by atoms with Gasteiger partial charge in [0.15, 0.2) is 5.01 Å². The van der Waals surface area contributed by atoms with Crippen LogP contribution in [0.4, 0.5) is 0 Å². The zero-order valence-electron chi connectivity index (χ0n) is 9.57. The molecule has 2 heterocycles. The first-order valence-electron chi connectivity index (χ1n) is 5.58. The summed E-state index contributed by atoms with van der Waals surface area (Å²) in [6.45, 7) is 4.19. The van der Waals surface area contributed by atoms with Crippen LogP contribution in [-0.2, 0) is 6.42 Å². The van der Waals surface area contributed by atoms with E-state index >= 15 is 0 Å². The van der Waals surface area contributed by atoms with Crippen LogP contribution in [0.2, 0.25) is 4.34 Å². The van der Waals surface area contributed by atoms with Crippen LogP contribution in [0.25, 0.3) is 9.88 Å². The summed E-state index contributed by atoms with van der Waals surface area (Å²) >= 11 is 9.09. The molecule has 0 aliphatic rings. The fourth-order valence-corrected chi connectivity index (χ4v) is 3.31. The van der Waals surface area contributed by atoms with Gasteiger partial charge in [-0.25, -0.2) is 0 Å². The van der Waals surface area contributed by atoms with E-state index < -0.39 is 0 Å². The number of rotatable bonds is 6. The molecular formula is C11H14ClN3S2. The predicted molar refractivity (Wildman–Crippen MR) is 75.1 cm³/mol. The molecule has 0 radical (unpaired) electrons. The number of nitrogens with zero attached hydrogens (tertiary/aromatic N) is 2. The molecule has 0 bridgehead atoms. The Morgan fingerprint density at radius 2 is 2.12 bits per heavy atom. The van der Waals surface area contributed by atoms with Crippen LogP contribution in [-0.4, -0.2) is 23.3 Å². The van der Waals surface area contributed by atoms with Crippen LogP contribution < -0.4 is 5.32 Å². The highest BCUT2D eigenvalue weighted by Gasteiger charge is 2.08. The van der Waals surface area contributed by atoms with Gasteiger partial charge < -0.3 is 5.32 Å². The van der Waals surface area contributed by atoms with Crippen molar-refractivity contribution in [1.82, 2.24) is 15.5 Å². The first-order valence-corrected chi connectivity index (χ1v) is 7.59. The molecule has 3 nitrogen and oxygen atoms in total. The molecule has 0 spiro atoms. The molecule has 2 aromatic rings. The van der Waals surface area contributed by atoms with E-state index in [9.17, 15) is 0 Å². The van der Waals surface area contributed by atoms with E-state index in [0.717, 1.165) is 45.2 Å². The molecule has 0 atom stereocenters. The summed E-state index contributed by atoms with van der Waals surface area (Å²) in [6.07, 6.45) is 2.10. The smallest absolute Gasteiger partial charge is 0.157 e. The molecule has 0 saturated carbocycles. The minimum atomic E-state index is 0.793. The molecule has 0 fully saturated rings. The highest BCUT2D eigenvalue weighted by atomic mass is 35.5. The molecule has 0 aliphatic carbocycles. The average molecular weight is 288 g/mol. The van der Waals surface area contributed by atoms with Crippen molar-refractivity contribution >= 4 is 34.3 Å². The van der Waals surface area contributed by atoms with E-state index in [1.54, 1.807) is 22.7 Å². The summed E-state index contributed by atoms with van der Waals surface area (Å²) in [6, 6.07) is 3.89. The molecular weight excluding hydrogens is 274 g/mol. The standard InChI is InChI=1S/C11H14ClN3S2/c1-2-6-13-7-5-10-14-15-11(17-10)8-3-4-9(12)16-8/h3-4,13H,2,5-7H2,1H3. The van der Waals surface area contributed by atoms with Gasteiger partial charge in [-0.1, -0.05) is 29.9 Å². The molecule has 0 unspecified atom stereocenters. The fraction of sp³-hybridized carbons (Fsp3) is 0.455. The van der Waals surface area contributed by atoms with E-state index in [2.05, 4.69) is 22.4 Å². The number of aromatic nitrogens is 2. The first kappa shape index (κ1) is 13.0. The molecule has 0 amide bonds. The maximum Gasteiger partial charge on any atom is 0.157 e. The summed E-state index contributed by atoms with van der Waals surface area (Å²) in [5.41, 5.74) is 0. The molecule has 2 rings (SSSR count). The zero-order chi connectivity index (χ0) is 12.1. The maximum absolute atomic E-state index is 5.90. The van der Waals surface area contributed by atoms with Crippen LogP contribution in [0.3, 0.4) is 0 Å². The molecule has 1 N–H and O–H groups in total. The lowest BCUT2D eigenvalue weighted by molar-refractivity contribution is 0.668. The summed E-state index contributed by atoms with van der Waals surface area (Å²) < 4.78 is 0.793. The van der Waals surface area contributed by atoms with Crippen LogP contribution in [0.5, 0.6) is 0 Å². The highest BCUT2D eigenvalue weighted by Crippen LogP contribution is 2.32. The van der Waals surface area contributed by atoms with Crippen molar-refractivity contribution in [2.24, 2.45) is 0 Å². The number of hydrogen-bond acceptors (Lipinski definition) is 5. The Labute approximate surface area is 114 Å². The van der Waals surface area contributed by atoms with Gasteiger partial charge in [-0.15, -0.1) is 21.5 Å². The normalized spacial score (nSPS) is 10.9. The Morgan fingerprint density at radius 1 is 1.24 bits per heavy atom. The second kappa shape index (κ2) is 6.44. The van der Waals surface area contributed by atoms with E-state index in [1.807, 2.05) is 12.1 Å². The van der Waals surface area contributed by atoms with Gasteiger partial charge in [0.1, 0.15) is 5.01 Å². The van der Waals surface area contributed by atoms with Crippen LogP contribution in [0.15, 0.2) is 12.1 Å². The Hall–Kier alpha value is -0.490. The molecule has 2 aromatic heterocycles. The lowest BCUT2D eigenvalue weighted by atomic mass is 10.4. The summed E-state index contributed by atoms with van der Waals surface area (Å²) in [7, 11) is 0. The minimum Gasteiger partial charge on any atom is -0.316 e. The Bertz CT molecular complexity index is 467. The third kappa shape index (κ3) is 3.74. The van der Waals surface area contributed by atoms with Crippen LogP contribution in [0, 0.1) is 0 Å². The van der Waals surface area contributed by atoms with E-state index in [1.165, 1.54) is 0 Å². The Morgan fingerprint density at radius 3 is 2.82 bits per heavy atom. The summed E-state index contributed by atoms with van der Waals surface area (Å²) in [5.74, 6) is 0. The third-order valence-corrected chi connectivity index (χ3v) is 4.58. The first-order chi connectivity index (χ1) is 8.29. The van der Waals surface area contributed by atoms with Gasteiger partial charge in [0, 0.05) is 13.0 Å². The van der Waals surface area contributed by atoms with Gasteiger partial charge >= 0.3 is 0 Å². The van der Waals surface area contributed by atoms with Gasteiger partial charge in [0.2, 0.25) is 0 Å². The van der Waals surface area contributed by atoms with Crippen LogP contribution >= 0.6 is 34.3 Å². The van der Waals surface area contributed by atoms with Crippen molar-refractivity contribution < 1.29 is 0 Å². The van der Waals surface area contributed by atoms with Gasteiger partial charge in [-0.2, -0.15) is 0 Å². The zero-order valence-corrected chi connectivity index (χ0v) is 12.0. The number of thiophene rings is 1. The van der Waals surface area contributed by atoms with Crippen molar-refractivity contribution in [2.45, 2.75) is 19.8 Å². The molecule has 92 valence electrons. The molecule has 17 heavy (non-hydrogen) atoms. The SMILES string of the molecule is CCCNCCc1nnc(-c2ccc(Cl)s2)s1. The van der Waals surface area contributed by atoms with Gasteiger partial charge in [-0.3, -0.25) is 0 Å². The number of hydrogen-bond donors (Lipinski definition) is 1. The number of halogens is 1. The maximum atomic E-state index is 5.90. The second-order valence-corrected chi connectivity index (χ2v) is 6.38. The van der Waals surface area contributed by atoms with E-state index in [4.69, 9.17) is 11.6 Å². The highest BCUT2D eigenvalue weighted by molar-refractivity contribution is 7.23. The Balaban J connectivity index is 1.92. The van der Waals surface area contributed by atoms with Gasteiger partial charge in [0.05, 0.1) is 9.21 Å². The molecule has 6 heteroatoms. The van der Waals surface area contributed by atoms with Crippen molar-refractivity contribution in [2.75, 3.05) is 13.1 Å². The third-order valence-electron chi connectivity index (χ3n) is 2.19. The summed E-state index contributed by atoms with van der Waals surface area (Å²) in [5, 5.41) is 13.8. The lowest BCUT2D eigenvalue weighted by Gasteiger charge is -1.98. The molecule has 0 aromatic carbocycles. The number of nitrogens with one attached hydrogen (secondary N) is 1. The Kier molecular flexibility index (Phi) is 4.91.